The zero-order valence-electron chi connectivity index (χ0n) is 13.0. The van der Waals surface area contributed by atoms with Crippen LogP contribution in [0.1, 0.15) is 66.2 Å². The normalized spacial score (nSPS) is 23.7. The van der Waals surface area contributed by atoms with Crippen LogP contribution in [0.15, 0.2) is 0 Å². The van der Waals surface area contributed by atoms with Crippen LogP contribution in [0.25, 0.3) is 0 Å². The highest BCUT2D eigenvalue weighted by atomic mass is 15.0. The maximum absolute atomic E-state index is 3.65. The molecule has 0 saturated carbocycles. The molecule has 2 unspecified atom stereocenters. The molecule has 18 heavy (non-hydrogen) atoms. The van der Waals surface area contributed by atoms with E-state index in [0.717, 1.165) is 12.5 Å². The Bertz CT molecular complexity index is 200. The second-order valence-electron chi connectivity index (χ2n) is 6.96. The van der Waals surface area contributed by atoms with Gasteiger partial charge in [-0.2, -0.15) is 0 Å². The summed E-state index contributed by atoms with van der Waals surface area (Å²) < 4.78 is 0. The third-order valence-corrected chi connectivity index (χ3v) is 4.43. The molecule has 1 saturated heterocycles. The summed E-state index contributed by atoms with van der Waals surface area (Å²) in [5, 5.41) is 7.17. The number of nitrogens with one attached hydrogen (secondary N) is 2. The summed E-state index contributed by atoms with van der Waals surface area (Å²) in [7, 11) is 0. The standard InChI is InChI=1S/C16H34N2/c1-5-14(16(2,3)4)9-6-7-10-15-13-17-11-8-12-18-15/h14-15,17-18H,5-13H2,1-4H3. The largest absolute Gasteiger partial charge is 0.315 e. The molecule has 0 aromatic rings. The summed E-state index contributed by atoms with van der Waals surface area (Å²) in [6, 6.07) is 0.710. The second-order valence-corrected chi connectivity index (χ2v) is 6.96. The van der Waals surface area contributed by atoms with Crippen molar-refractivity contribution >= 4 is 0 Å². The minimum atomic E-state index is 0.483. The monoisotopic (exact) mass is 254 g/mol. The minimum Gasteiger partial charge on any atom is -0.315 e. The Kier molecular flexibility index (Phi) is 7.25. The summed E-state index contributed by atoms with van der Waals surface area (Å²) in [6.07, 6.45) is 8.12. The number of unbranched alkanes of at least 4 members (excludes halogenated alkanes) is 1. The van der Waals surface area contributed by atoms with Crippen molar-refractivity contribution in [2.24, 2.45) is 11.3 Å². The summed E-state index contributed by atoms with van der Waals surface area (Å²) >= 11 is 0. The molecular weight excluding hydrogens is 220 g/mol. The van der Waals surface area contributed by atoms with Crippen LogP contribution in [0.4, 0.5) is 0 Å². The molecule has 0 aromatic carbocycles. The predicted molar refractivity (Wildman–Crippen MR) is 81.0 cm³/mol. The Hall–Kier alpha value is -0.0800. The van der Waals surface area contributed by atoms with Crippen molar-refractivity contribution in [1.82, 2.24) is 10.6 Å². The molecule has 0 aliphatic carbocycles. The van der Waals surface area contributed by atoms with E-state index < -0.39 is 0 Å². The van der Waals surface area contributed by atoms with Gasteiger partial charge in [0.25, 0.3) is 0 Å². The topological polar surface area (TPSA) is 24.1 Å². The fourth-order valence-electron chi connectivity index (χ4n) is 3.10. The summed E-state index contributed by atoms with van der Waals surface area (Å²) in [6.45, 7) is 13.0. The van der Waals surface area contributed by atoms with Crippen molar-refractivity contribution in [3.63, 3.8) is 0 Å². The van der Waals surface area contributed by atoms with Crippen molar-refractivity contribution in [3.05, 3.63) is 0 Å². The minimum absolute atomic E-state index is 0.483. The molecular formula is C16H34N2. The first-order valence-corrected chi connectivity index (χ1v) is 7.98. The molecule has 1 rings (SSSR count). The van der Waals surface area contributed by atoms with Crippen molar-refractivity contribution < 1.29 is 0 Å². The maximum atomic E-state index is 3.65. The molecule has 1 fully saturated rings. The van der Waals surface area contributed by atoms with Crippen LogP contribution in [-0.4, -0.2) is 25.7 Å². The summed E-state index contributed by atoms with van der Waals surface area (Å²) in [5.74, 6) is 0.887. The first kappa shape index (κ1) is 16.0. The Morgan fingerprint density at radius 2 is 1.94 bits per heavy atom. The summed E-state index contributed by atoms with van der Waals surface area (Å²) in [5.41, 5.74) is 0.483. The lowest BCUT2D eigenvalue weighted by atomic mass is 9.76. The van der Waals surface area contributed by atoms with Crippen LogP contribution in [-0.2, 0) is 0 Å². The molecule has 2 heteroatoms. The molecule has 1 aliphatic rings. The second kappa shape index (κ2) is 8.16. The van der Waals surface area contributed by atoms with E-state index in [2.05, 4.69) is 38.3 Å². The highest BCUT2D eigenvalue weighted by Gasteiger charge is 2.22. The first-order chi connectivity index (χ1) is 8.54. The lowest BCUT2D eigenvalue weighted by Crippen LogP contribution is -2.35. The van der Waals surface area contributed by atoms with Crippen molar-refractivity contribution in [2.45, 2.75) is 72.3 Å². The molecule has 0 bridgehead atoms. The molecule has 1 aliphatic heterocycles. The SMILES string of the molecule is CCC(CCCCC1CNCCCN1)C(C)(C)C. The molecule has 108 valence electrons. The fraction of sp³-hybridized carbons (Fsp3) is 1.00. The van der Waals surface area contributed by atoms with E-state index in [1.54, 1.807) is 0 Å². The quantitative estimate of drug-likeness (QED) is 0.708. The Labute approximate surface area is 114 Å². The van der Waals surface area contributed by atoms with Crippen molar-refractivity contribution in [2.75, 3.05) is 19.6 Å². The number of rotatable bonds is 6. The Morgan fingerprint density at radius 3 is 2.61 bits per heavy atom. The van der Waals surface area contributed by atoms with Gasteiger partial charge in [-0.05, 0) is 43.7 Å². The van der Waals surface area contributed by atoms with Crippen LogP contribution in [0.3, 0.4) is 0 Å². The molecule has 1 heterocycles. The molecule has 0 aromatic heterocycles. The van der Waals surface area contributed by atoms with E-state index in [4.69, 9.17) is 0 Å². The van der Waals surface area contributed by atoms with E-state index in [0.29, 0.717) is 11.5 Å². The van der Waals surface area contributed by atoms with Gasteiger partial charge in [-0.25, -0.2) is 0 Å². The first-order valence-electron chi connectivity index (χ1n) is 7.98. The zero-order chi connectivity index (χ0) is 13.4. The van der Waals surface area contributed by atoms with Crippen LogP contribution in [0.5, 0.6) is 0 Å². The van der Waals surface area contributed by atoms with E-state index in [-0.39, 0.29) is 0 Å². The molecule has 0 amide bonds. The van der Waals surface area contributed by atoms with Gasteiger partial charge in [0.15, 0.2) is 0 Å². The van der Waals surface area contributed by atoms with Gasteiger partial charge >= 0.3 is 0 Å². The lowest BCUT2D eigenvalue weighted by Gasteiger charge is -2.30. The predicted octanol–water partition coefficient (Wildman–Crippen LogP) is 3.57. The van der Waals surface area contributed by atoms with Gasteiger partial charge in [0.05, 0.1) is 0 Å². The van der Waals surface area contributed by atoms with Crippen LogP contribution in [0, 0.1) is 11.3 Å². The highest BCUT2D eigenvalue weighted by molar-refractivity contribution is 4.75. The third kappa shape index (κ3) is 6.19. The zero-order valence-corrected chi connectivity index (χ0v) is 13.0. The maximum Gasteiger partial charge on any atom is 0.0192 e. The lowest BCUT2D eigenvalue weighted by molar-refractivity contribution is 0.212. The van der Waals surface area contributed by atoms with Gasteiger partial charge in [0, 0.05) is 12.6 Å². The van der Waals surface area contributed by atoms with Crippen LogP contribution in [0.2, 0.25) is 0 Å². The van der Waals surface area contributed by atoms with Crippen LogP contribution < -0.4 is 10.6 Å². The number of hydrogen-bond donors (Lipinski definition) is 2. The van der Waals surface area contributed by atoms with Gasteiger partial charge in [0.1, 0.15) is 0 Å². The van der Waals surface area contributed by atoms with Gasteiger partial charge in [-0.3, -0.25) is 0 Å². The average Bonchev–Trinajstić information content (AvgIpc) is 2.56. The van der Waals surface area contributed by atoms with Gasteiger partial charge in [-0.15, -0.1) is 0 Å². The molecule has 2 atom stereocenters. The molecule has 0 radical (unpaired) electrons. The van der Waals surface area contributed by atoms with Gasteiger partial charge in [-0.1, -0.05) is 47.0 Å². The smallest absolute Gasteiger partial charge is 0.0192 e. The molecule has 2 nitrogen and oxygen atoms in total. The summed E-state index contributed by atoms with van der Waals surface area (Å²) in [4.78, 5) is 0. The van der Waals surface area contributed by atoms with Gasteiger partial charge in [0.2, 0.25) is 0 Å². The van der Waals surface area contributed by atoms with E-state index in [9.17, 15) is 0 Å². The van der Waals surface area contributed by atoms with Crippen LogP contribution >= 0.6 is 0 Å². The van der Waals surface area contributed by atoms with Crippen molar-refractivity contribution in [1.29, 1.82) is 0 Å². The third-order valence-electron chi connectivity index (χ3n) is 4.43. The van der Waals surface area contributed by atoms with Crippen molar-refractivity contribution in [3.8, 4) is 0 Å². The fourth-order valence-corrected chi connectivity index (χ4v) is 3.10. The van der Waals surface area contributed by atoms with E-state index >= 15 is 0 Å². The van der Waals surface area contributed by atoms with E-state index in [1.165, 1.54) is 51.6 Å². The van der Waals surface area contributed by atoms with Gasteiger partial charge < -0.3 is 10.6 Å². The molecule has 2 N–H and O–H groups in total. The Balaban J connectivity index is 2.13. The number of hydrogen-bond acceptors (Lipinski definition) is 2. The van der Waals surface area contributed by atoms with E-state index in [1.807, 2.05) is 0 Å². The Morgan fingerprint density at radius 1 is 1.17 bits per heavy atom. The average molecular weight is 254 g/mol. The highest BCUT2D eigenvalue weighted by Crippen LogP contribution is 2.32. The molecule has 0 spiro atoms.